The van der Waals surface area contributed by atoms with E-state index in [4.69, 9.17) is 0 Å². The molecule has 3 rings (SSSR count). The Morgan fingerprint density at radius 2 is 1.75 bits per heavy atom. The molecule has 0 aliphatic carbocycles. The van der Waals surface area contributed by atoms with Gasteiger partial charge in [0, 0.05) is 17.8 Å². The van der Waals surface area contributed by atoms with Crippen LogP contribution in [0.2, 0.25) is 0 Å². The molecule has 1 aliphatic rings. The molecule has 1 fully saturated rings. The minimum absolute atomic E-state index is 0.0790. The molecule has 1 heterocycles. The third kappa shape index (κ3) is 3.63. The molecule has 1 atom stereocenters. The molecular weight excluding hydrogens is 331 g/mol. The van der Waals surface area contributed by atoms with Gasteiger partial charge in [-0.2, -0.15) is 0 Å². The van der Waals surface area contributed by atoms with Gasteiger partial charge in [0.25, 0.3) is 0 Å². The number of carbonyl (C=O) groups is 1. The van der Waals surface area contributed by atoms with Crippen molar-refractivity contribution in [2.45, 2.75) is 18.2 Å². The maximum absolute atomic E-state index is 13.6. The van der Waals surface area contributed by atoms with E-state index in [9.17, 15) is 17.6 Å². The van der Waals surface area contributed by atoms with Crippen molar-refractivity contribution in [1.82, 2.24) is 4.72 Å². The predicted molar refractivity (Wildman–Crippen MR) is 89.4 cm³/mol. The minimum atomic E-state index is -3.82. The lowest BCUT2D eigenvalue weighted by Crippen LogP contribution is -2.42. The number of sulfonamides is 1. The molecule has 24 heavy (non-hydrogen) atoms. The lowest BCUT2D eigenvalue weighted by molar-refractivity contribution is -0.118. The topological polar surface area (TPSA) is 66.5 Å². The lowest BCUT2D eigenvalue weighted by atomic mass is 10.2. The summed E-state index contributed by atoms with van der Waals surface area (Å²) in [5, 5.41) is 0. The summed E-state index contributed by atoms with van der Waals surface area (Å²) in [5.74, 6) is -1.36. The highest BCUT2D eigenvalue weighted by Gasteiger charge is 2.35. The van der Waals surface area contributed by atoms with Crippen LogP contribution in [0.5, 0.6) is 0 Å². The summed E-state index contributed by atoms with van der Waals surface area (Å²) in [5.41, 5.74) is 0.814. The van der Waals surface area contributed by atoms with E-state index in [1.807, 2.05) is 18.2 Å². The first-order valence-corrected chi connectivity index (χ1v) is 9.21. The third-order valence-corrected chi connectivity index (χ3v) is 5.23. The zero-order chi connectivity index (χ0) is 17.2. The molecule has 2 aromatic rings. The van der Waals surface area contributed by atoms with Gasteiger partial charge >= 0.3 is 0 Å². The fourth-order valence-electron chi connectivity index (χ4n) is 2.73. The zero-order valence-electron chi connectivity index (χ0n) is 12.9. The van der Waals surface area contributed by atoms with Gasteiger partial charge in [-0.15, -0.1) is 0 Å². The van der Waals surface area contributed by atoms with Crippen LogP contribution in [0.4, 0.5) is 10.1 Å². The predicted octanol–water partition coefficient (Wildman–Crippen LogP) is 2.05. The number of halogens is 1. The van der Waals surface area contributed by atoms with Crippen LogP contribution in [0, 0.1) is 5.82 Å². The van der Waals surface area contributed by atoms with Gasteiger partial charge in [-0.25, -0.2) is 17.5 Å². The number of carbonyl (C=O) groups excluding carboxylic acids is 1. The van der Waals surface area contributed by atoms with Crippen molar-refractivity contribution in [3.05, 3.63) is 66.0 Å². The SMILES string of the molecule is O=C1C(NS(=O)(=O)Cc2ccccc2F)CCN1c1ccccc1. The Hall–Kier alpha value is -2.25. The smallest absolute Gasteiger partial charge is 0.245 e. The molecule has 1 unspecified atom stereocenters. The largest absolute Gasteiger partial charge is 0.311 e. The van der Waals surface area contributed by atoms with Gasteiger partial charge < -0.3 is 4.90 Å². The van der Waals surface area contributed by atoms with Crippen molar-refractivity contribution in [2.24, 2.45) is 0 Å². The fraction of sp³-hybridized carbons (Fsp3) is 0.235. The van der Waals surface area contributed by atoms with Crippen molar-refractivity contribution >= 4 is 21.6 Å². The van der Waals surface area contributed by atoms with Gasteiger partial charge in [0.15, 0.2) is 0 Å². The van der Waals surface area contributed by atoms with E-state index in [0.717, 1.165) is 5.69 Å². The van der Waals surface area contributed by atoms with Crippen LogP contribution in [0.25, 0.3) is 0 Å². The van der Waals surface area contributed by atoms with Crippen molar-refractivity contribution in [3.8, 4) is 0 Å². The Balaban J connectivity index is 1.70. The second kappa shape index (κ2) is 6.70. The molecule has 1 amide bonds. The van der Waals surface area contributed by atoms with Gasteiger partial charge in [0.1, 0.15) is 11.9 Å². The van der Waals surface area contributed by atoms with E-state index in [1.165, 1.54) is 18.2 Å². The van der Waals surface area contributed by atoms with Crippen molar-refractivity contribution in [2.75, 3.05) is 11.4 Å². The molecule has 0 radical (unpaired) electrons. The van der Waals surface area contributed by atoms with Crippen LogP contribution in [0.3, 0.4) is 0 Å². The van der Waals surface area contributed by atoms with Crippen molar-refractivity contribution < 1.29 is 17.6 Å². The number of amides is 1. The first-order chi connectivity index (χ1) is 11.5. The van der Waals surface area contributed by atoms with Crippen LogP contribution < -0.4 is 9.62 Å². The van der Waals surface area contributed by atoms with Crippen LogP contribution in [-0.4, -0.2) is 26.9 Å². The first kappa shape index (κ1) is 16.6. The van der Waals surface area contributed by atoms with Gasteiger partial charge in [0.2, 0.25) is 15.9 Å². The maximum atomic E-state index is 13.6. The van der Waals surface area contributed by atoms with E-state index in [1.54, 1.807) is 23.1 Å². The summed E-state index contributed by atoms with van der Waals surface area (Å²) in [7, 11) is -3.82. The molecule has 1 aliphatic heterocycles. The van der Waals surface area contributed by atoms with E-state index in [0.29, 0.717) is 13.0 Å². The number of hydrogen-bond acceptors (Lipinski definition) is 3. The number of rotatable bonds is 5. The molecule has 1 N–H and O–H groups in total. The van der Waals surface area contributed by atoms with Gasteiger partial charge in [-0.3, -0.25) is 4.79 Å². The molecule has 5 nitrogen and oxygen atoms in total. The molecule has 0 spiro atoms. The van der Waals surface area contributed by atoms with Crippen LogP contribution >= 0.6 is 0 Å². The number of para-hydroxylation sites is 1. The van der Waals surface area contributed by atoms with Crippen LogP contribution in [0.1, 0.15) is 12.0 Å². The van der Waals surface area contributed by atoms with E-state index < -0.39 is 27.6 Å². The van der Waals surface area contributed by atoms with Gasteiger partial charge in [0.05, 0.1) is 5.75 Å². The zero-order valence-corrected chi connectivity index (χ0v) is 13.7. The summed E-state index contributed by atoms with van der Waals surface area (Å²) in [6, 6.07) is 14.0. The summed E-state index contributed by atoms with van der Waals surface area (Å²) in [6.07, 6.45) is 0.379. The average molecular weight is 348 g/mol. The number of benzene rings is 2. The summed E-state index contributed by atoms with van der Waals surface area (Å²) in [6.45, 7) is 0.440. The number of nitrogens with one attached hydrogen (secondary N) is 1. The Morgan fingerprint density at radius 1 is 1.08 bits per heavy atom. The Kier molecular flexibility index (Phi) is 4.64. The third-order valence-electron chi connectivity index (χ3n) is 3.90. The Morgan fingerprint density at radius 3 is 2.46 bits per heavy atom. The monoisotopic (exact) mass is 348 g/mol. The summed E-state index contributed by atoms with van der Waals surface area (Å²) in [4.78, 5) is 14.0. The lowest BCUT2D eigenvalue weighted by Gasteiger charge is -2.17. The Bertz CT molecular complexity index is 840. The number of hydrogen-bond donors (Lipinski definition) is 1. The van der Waals surface area contributed by atoms with Crippen LogP contribution in [0.15, 0.2) is 54.6 Å². The molecule has 0 saturated carbocycles. The summed E-state index contributed by atoms with van der Waals surface area (Å²) >= 11 is 0. The second-order valence-corrected chi connectivity index (χ2v) is 7.39. The normalized spacial score (nSPS) is 18.1. The van der Waals surface area contributed by atoms with Gasteiger partial charge in [-0.05, 0) is 24.6 Å². The fourth-order valence-corrected chi connectivity index (χ4v) is 4.11. The average Bonchev–Trinajstić information content (AvgIpc) is 2.91. The highest BCUT2D eigenvalue weighted by Crippen LogP contribution is 2.22. The Labute approximate surface area is 140 Å². The molecule has 0 bridgehead atoms. The van der Waals surface area contributed by atoms with Crippen molar-refractivity contribution in [3.63, 3.8) is 0 Å². The highest BCUT2D eigenvalue weighted by atomic mass is 32.2. The molecule has 126 valence electrons. The number of anilines is 1. The summed E-state index contributed by atoms with van der Waals surface area (Å²) < 4.78 is 40.5. The maximum Gasteiger partial charge on any atom is 0.245 e. The van der Waals surface area contributed by atoms with Crippen molar-refractivity contribution in [1.29, 1.82) is 0 Å². The molecule has 7 heteroatoms. The quantitative estimate of drug-likeness (QED) is 0.899. The molecule has 1 saturated heterocycles. The highest BCUT2D eigenvalue weighted by molar-refractivity contribution is 7.88. The van der Waals surface area contributed by atoms with Crippen LogP contribution in [-0.2, 0) is 20.6 Å². The molecular formula is C17H17FN2O3S. The first-order valence-electron chi connectivity index (χ1n) is 7.56. The van der Waals surface area contributed by atoms with E-state index >= 15 is 0 Å². The second-order valence-electron chi connectivity index (χ2n) is 5.64. The van der Waals surface area contributed by atoms with E-state index in [2.05, 4.69) is 4.72 Å². The van der Waals surface area contributed by atoms with E-state index in [-0.39, 0.29) is 11.5 Å². The molecule has 0 aromatic heterocycles. The number of nitrogens with zero attached hydrogens (tertiary/aromatic N) is 1. The molecule has 2 aromatic carbocycles. The standard InChI is InChI=1S/C17H17FN2O3S/c18-15-9-5-4-6-13(15)12-24(22,23)19-16-10-11-20(17(16)21)14-7-2-1-3-8-14/h1-9,16,19H,10-12H2. The minimum Gasteiger partial charge on any atom is -0.311 e. The van der Waals surface area contributed by atoms with Gasteiger partial charge in [-0.1, -0.05) is 36.4 Å².